The summed E-state index contributed by atoms with van der Waals surface area (Å²) in [5.41, 5.74) is 0. The third-order valence-corrected chi connectivity index (χ3v) is 2.49. The Balaban J connectivity index is 2.33. The Bertz CT molecular complexity index is 159. The maximum Gasteiger partial charge on any atom is 0.0971 e. The van der Waals surface area contributed by atoms with E-state index < -0.39 is 0 Å². The number of methoxy groups -OCH3 is 1. The molecule has 1 rings (SSSR count). The first-order valence-electron chi connectivity index (χ1n) is 5.40. The van der Waals surface area contributed by atoms with Crippen LogP contribution in [0.5, 0.6) is 0 Å². The zero-order valence-electron chi connectivity index (χ0n) is 9.08. The number of rotatable bonds is 4. The predicted octanol–water partition coefficient (Wildman–Crippen LogP) is 2.00. The summed E-state index contributed by atoms with van der Waals surface area (Å²) in [6, 6.07) is 0. The molecule has 0 spiro atoms. The molecule has 1 heterocycles. The number of hydroxylamine groups is 2. The molecule has 0 aromatic heterocycles. The van der Waals surface area contributed by atoms with Crippen LogP contribution in [0, 0.1) is 0 Å². The third-order valence-electron chi connectivity index (χ3n) is 2.49. The summed E-state index contributed by atoms with van der Waals surface area (Å²) in [5, 5.41) is 2.01. The van der Waals surface area contributed by atoms with Crippen molar-refractivity contribution in [3.63, 3.8) is 0 Å². The Kier molecular flexibility index (Phi) is 5.83. The summed E-state index contributed by atoms with van der Waals surface area (Å²) in [5.74, 6) is 0. The molecule has 0 radical (unpaired) electrons. The van der Waals surface area contributed by atoms with Crippen molar-refractivity contribution in [1.82, 2.24) is 5.06 Å². The molecule has 3 heteroatoms. The van der Waals surface area contributed by atoms with Crippen LogP contribution in [0.2, 0.25) is 0 Å². The van der Waals surface area contributed by atoms with E-state index in [-0.39, 0.29) is 6.10 Å². The molecule has 3 nitrogen and oxygen atoms in total. The Morgan fingerprint density at radius 1 is 1.50 bits per heavy atom. The summed E-state index contributed by atoms with van der Waals surface area (Å²) >= 11 is 0. The average molecular weight is 199 g/mol. The van der Waals surface area contributed by atoms with Gasteiger partial charge in [-0.3, -0.25) is 4.84 Å². The number of nitrogens with zero attached hydrogens (tertiary/aromatic N) is 1. The fraction of sp³-hybridized carbons (Fsp3) is 0.818. The molecule has 1 atom stereocenters. The lowest BCUT2D eigenvalue weighted by Gasteiger charge is -2.27. The van der Waals surface area contributed by atoms with E-state index in [1.165, 1.54) is 19.3 Å². The van der Waals surface area contributed by atoms with Crippen molar-refractivity contribution in [3.05, 3.63) is 12.7 Å². The van der Waals surface area contributed by atoms with Gasteiger partial charge in [0.2, 0.25) is 0 Å². The standard InChI is InChI=1S/C11H21NO2/c1-3-11-7-5-4-6-8-12(14-11)9-10-13-2/h3,11H,1,4-10H2,2H3/t11-/m0/s1. The van der Waals surface area contributed by atoms with Crippen molar-refractivity contribution < 1.29 is 9.57 Å². The fourth-order valence-corrected chi connectivity index (χ4v) is 1.63. The summed E-state index contributed by atoms with van der Waals surface area (Å²) in [6.45, 7) is 6.37. The van der Waals surface area contributed by atoms with Crippen molar-refractivity contribution in [2.24, 2.45) is 0 Å². The summed E-state index contributed by atoms with van der Waals surface area (Å²) in [7, 11) is 1.72. The molecule has 0 aromatic rings. The van der Waals surface area contributed by atoms with Crippen molar-refractivity contribution in [2.75, 3.05) is 26.8 Å². The third kappa shape index (κ3) is 4.22. The molecule has 1 saturated heterocycles. The van der Waals surface area contributed by atoms with E-state index in [9.17, 15) is 0 Å². The van der Waals surface area contributed by atoms with Crippen LogP contribution in [0.3, 0.4) is 0 Å². The number of hydrogen-bond donors (Lipinski definition) is 0. The lowest BCUT2D eigenvalue weighted by molar-refractivity contribution is -0.195. The molecule has 0 aromatic carbocycles. The average Bonchev–Trinajstić information content (AvgIpc) is 2.17. The SMILES string of the molecule is C=C[C@H]1CCCCCN(CCOC)O1. The molecule has 0 N–H and O–H groups in total. The van der Waals surface area contributed by atoms with E-state index in [1.54, 1.807) is 7.11 Å². The zero-order chi connectivity index (χ0) is 10.2. The van der Waals surface area contributed by atoms with Gasteiger partial charge in [-0.1, -0.05) is 18.9 Å². The molecule has 14 heavy (non-hydrogen) atoms. The summed E-state index contributed by atoms with van der Waals surface area (Å²) in [4.78, 5) is 5.78. The van der Waals surface area contributed by atoms with Gasteiger partial charge in [-0.15, -0.1) is 6.58 Å². The first kappa shape index (κ1) is 11.7. The molecule has 1 aliphatic heterocycles. The van der Waals surface area contributed by atoms with Crippen molar-refractivity contribution in [3.8, 4) is 0 Å². The van der Waals surface area contributed by atoms with Gasteiger partial charge in [0, 0.05) is 20.2 Å². The van der Waals surface area contributed by atoms with Crippen LogP contribution in [0.1, 0.15) is 25.7 Å². The molecule has 0 bridgehead atoms. The minimum atomic E-state index is 0.187. The van der Waals surface area contributed by atoms with Crippen LogP contribution in [-0.4, -0.2) is 38.0 Å². The van der Waals surface area contributed by atoms with Gasteiger partial charge in [-0.25, -0.2) is 0 Å². The van der Waals surface area contributed by atoms with E-state index in [2.05, 4.69) is 6.58 Å². The zero-order valence-corrected chi connectivity index (χ0v) is 9.08. The quantitative estimate of drug-likeness (QED) is 0.646. The molecule has 0 amide bonds. The lowest BCUT2D eigenvalue weighted by Crippen LogP contribution is -2.34. The van der Waals surface area contributed by atoms with Crippen molar-refractivity contribution >= 4 is 0 Å². The summed E-state index contributed by atoms with van der Waals surface area (Å²) in [6.07, 6.45) is 6.92. The first-order chi connectivity index (χ1) is 6.86. The monoisotopic (exact) mass is 199 g/mol. The largest absolute Gasteiger partial charge is 0.383 e. The highest BCUT2D eigenvalue weighted by Gasteiger charge is 2.14. The highest BCUT2D eigenvalue weighted by atomic mass is 16.7. The van der Waals surface area contributed by atoms with Gasteiger partial charge in [-0.2, -0.15) is 5.06 Å². The number of ether oxygens (including phenoxy) is 1. The van der Waals surface area contributed by atoms with Gasteiger partial charge >= 0.3 is 0 Å². The van der Waals surface area contributed by atoms with E-state index >= 15 is 0 Å². The molecule has 0 saturated carbocycles. The first-order valence-corrected chi connectivity index (χ1v) is 5.40. The van der Waals surface area contributed by atoms with Gasteiger partial charge in [0.15, 0.2) is 0 Å². The predicted molar refractivity (Wildman–Crippen MR) is 57.0 cm³/mol. The molecule has 1 aliphatic rings. The van der Waals surface area contributed by atoms with E-state index in [0.29, 0.717) is 0 Å². The van der Waals surface area contributed by atoms with Gasteiger partial charge in [0.05, 0.1) is 12.7 Å². The van der Waals surface area contributed by atoms with Crippen molar-refractivity contribution in [2.45, 2.75) is 31.8 Å². The smallest absolute Gasteiger partial charge is 0.0971 e. The maximum atomic E-state index is 5.78. The molecule has 1 fully saturated rings. The topological polar surface area (TPSA) is 21.7 Å². The Labute approximate surface area is 86.6 Å². The fourth-order valence-electron chi connectivity index (χ4n) is 1.63. The molecule has 82 valence electrons. The Hall–Kier alpha value is -0.380. The van der Waals surface area contributed by atoms with Crippen molar-refractivity contribution in [1.29, 1.82) is 0 Å². The van der Waals surface area contributed by atoms with Crippen LogP contribution < -0.4 is 0 Å². The Morgan fingerprint density at radius 3 is 3.07 bits per heavy atom. The second-order valence-corrected chi connectivity index (χ2v) is 3.65. The van der Waals surface area contributed by atoms with Gasteiger partial charge < -0.3 is 4.74 Å². The lowest BCUT2D eigenvalue weighted by atomic mass is 10.1. The van der Waals surface area contributed by atoms with Crippen LogP contribution in [-0.2, 0) is 9.57 Å². The van der Waals surface area contributed by atoms with Crippen LogP contribution in [0.4, 0.5) is 0 Å². The van der Waals surface area contributed by atoms with E-state index in [1.807, 2.05) is 11.1 Å². The second-order valence-electron chi connectivity index (χ2n) is 3.65. The Morgan fingerprint density at radius 2 is 2.36 bits per heavy atom. The molecule has 0 unspecified atom stereocenters. The van der Waals surface area contributed by atoms with Crippen LogP contribution in [0.15, 0.2) is 12.7 Å². The second kappa shape index (κ2) is 6.98. The summed E-state index contributed by atoms with van der Waals surface area (Å²) < 4.78 is 5.04. The maximum absolute atomic E-state index is 5.78. The number of hydrogen-bond acceptors (Lipinski definition) is 3. The van der Waals surface area contributed by atoms with Gasteiger partial charge in [0.1, 0.15) is 0 Å². The minimum Gasteiger partial charge on any atom is -0.383 e. The highest BCUT2D eigenvalue weighted by molar-refractivity contribution is 4.80. The van der Waals surface area contributed by atoms with Gasteiger partial charge in [-0.05, 0) is 12.8 Å². The molecular weight excluding hydrogens is 178 g/mol. The molecular formula is C11H21NO2. The minimum absolute atomic E-state index is 0.187. The highest BCUT2D eigenvalue weighted by Crippen LogP contribution is 2.14. The van der Waals surface area contributed by atoms with Gasteiger partial charge in [0.25, 0.3) is 0 Å². The van der Waals surface area contributed by atoms with Crippen LogP contribution >= 0.6 is 0 Å². The van der Waals surface area contributed by atoms with E-state index in [0.717, 1.165) is 26.1 Å². The van der Waals surface area contributed by atoms with Crippen LogP contribution in [0.25, 0.3) is 0 Å². The van der Waals surface area contributed by atoms with E-state index in [4.69, 9.17) is 9.57 Å². The normalized spacial score (nSPS) is 25.4. The molecule has 0 aliphatic carbocycles.